The fraction of sp³-hybridized carbons (Fsp3) is 0.282. The lowest BCUT2D eigenvalue weighted by Crippen LogP contribution is -2.36. The molecule has 4 aliphatic heterocycles. The van der Waals surface area contributed by atoms with Gasteiger partial charge in [0.05, 0.1) is 69.9 Å². The second-order valence-corrected chi connectivity index (χ2v) is 30.5. The third-order valence-electron chi connectivity index (χ3n) is 20.8. The summed E-state index contributed by atoms with van der Waals surface area (Å²) in [4.78, 5) is 55.7. The highest BCUT2D eigenvalue weighted by molar-refractivity contribution is 7.98. The zero-order valence-corrected chi connectivity index (χ0v) is 70.7. The van der Waals surface area contributed by atoms with Crippen molar-refractivity contribution in [3.63, 3.8) is 0 Å². The smallest absolute Gasteiger partial charge is 0.248 e. The van der Waals surface area contributed by atoms with E-state index >= 15 is 0 Å². The van der Waals surface area contributed by atoms with Gasteiger partial charge >= 0.3 is 0 Å². The summed E-state index contributed by atoms with van der Waals surface area (Å²) < 4.78 is 84.8. The first kappa shape index (κ1) is 86.7. The van der Waals surface area contributed by atoms with Crippen molar-refractivity contribution in [2.45, 2.75) is 50.2 Å². The highest BCUT2D eigenvalue weighted by Crippen LogP contribution is 2.33. The minimum absolute atomic E-state index is 0.0447. The summed E-state index contributed by atoms with van der Waals surface area (Å²) >= 11 is 1.39. The van der Waals surface area contributed by atoms with E-state index in [1.54, 1.807) is 54.7 Å². The standard InChI is InChI=1S/C23H24FN9OS.C22H21F2N9O.C22H28FN9O.C18H21N7O/c1-35-23-28-19(26-15-5-3-2-4-6-15)14-20(29-23)33-21(25)30-22(31-33)27-18-8-7-16(13-17(18)24)32-9-11-34-12-10-32;23-14-2-1-3-15(10-14)28-19-12-20(27-13-26-19)33-21(25)30-22(31-33)29-18-5-4-16(11-17(18)24)32-6-8-34-9-7-32;23-17-12-16(31-8-10-33-11-9-31)6-7-18(17)28-22-29-21(24)32(30-22)20-13-19(25-14-26-20)27-15-4-2-1-3-5-15;1-13-2-7-16(20-12-13)25-17(19)22-18(23-25)21-14-3-5-15(6-4-14)24-8-10-26-11-9-24/h2-8,13-14H,9-12H2,1H3,(H,26,28,29)(H3,25,27,30,31);1-5,10-13H,6-9H2,(H,26,27,28)(H3,25,29,30,31);6-7,12-15H,1-5,8-11H2,(H,25,26,27)(H3,24,28,29,30);2-7,12H,8-11H2,1H3,(H3,19,21,22,23). The molecule has 0 amide bonds. The van der Waals surface area contributed by atoms with Gasteiger partial charge in [-0.05, 0) is 147 Å². The number of benzene rings is 6. The summed E-state index contributed by atoms with van der Waals surface area (Å²) in [5, 5.41) is 39.6. The molecular formula is C85H94F4N34O4S. The van der Waals surface area contributed by atoms with E-state index < -0.39 is 17.5 Å². The van der Waals surface area contributed by atoms with Crippen LogP contribution in [0.5, 0.6) is 0 Å². The summed E-state index contributed by atoms with van der Waals surface area (Å²) in [6.07, 6.45) is 12.4. The van der Waals surface area contributed by atoms with Crippen molar-refractivity contribution < 1.29 is 36.5 Å². The van der Waals surface area contributed by atoms with Gasteiger partial charge < -0.3 is 98.7 Å². The number of nitrogens with one attached hydrogen (secondary N) is 7. The van der Waals surface area contributed by atoms with Gasteiger partial charge in [-0.3, -0.25) is 0 Å². The molecule has 0 spiro atoms. The molecule has 0 unspecified atom stereocenters. The maximum atomic E-state index is 14.8. The Hall–Kier alpha value is -14.8. The molecule has 1 saturated carbocycles. The molecule has 662 valence electrons. The number of para-hydroxylation sites is 1. The van der Waals surface area contributed by atoms with E-state index in [0.717, 1.165) is 105 Å². The van der Waals surface area contributed by atoms with Gasteiger partial charge in [-0.1, -0.05) is 61.4 Å². The van der Waals surface area contributed by atoms with E-state index in [9.17, 15) is 17.6 Å². The van der Waals surface area contributed by atoms with Crippen molar-refractivity contribution in [2.24, 2.45) is 0 Å². The average Bonchev–Trinajstić information content (AvgIpc) is 1.64. The summed E-state index contributed by atoms with van der Waals surface area (Å²) in [5.41, 5.74) is 31.9. The number of nitrogen functional groups attached to an aromatic ring is 4. The van der Waals surface area contributed by atoms with Crippen LogP contribution in [0.25, 0.3) is 23.3 Å². The lowest BCUT2D eigenvalue weighted by molar-refractivity contribution is 0.122. The van der Waals surface area contributed by atoms with E-state index in [4.69, 9.17) is 41.9 Å². The van der Waals surface area contributed by atoms with Crippen molar-refractivity contribution in [2.75, 3.05) is 191 Å². The number of rotatable bonds is 23. The first-order valence-corrected chi connectivity index (χ1v) is 42.6. The second-order valence-electron chi connectivity index (χ2n) is 29.7. The SMILES string of the molecule is CSc1nc(Nc2ccccc2)cc(-n2nc(Nc3ccc(N4CCOCC4)cc3F)nc2N)n1.Cc1ccc(-n2nc(Nc3ccc(N4CCOCC4)cc3)nc2N)nc1.Nc1nc(Nc2ccc(N3CCOCC3)cc2F)nn1-c1cc(NC2CCCCC2)ncn1.Nc1nc(Nc2ccc(N3CCOCC3)cc2F)nn1-c1cc(Nc2cccc(F)c2)ncn1. The number of pyridine rings is 1. The number of nitrogens with two attached hydrogens (primary N) is 4. The predicted molar refractivity (Wildman–Crippen MR) is 485 cm³/mol. The fourth-order valence-corrected chi connectivity index (χ4v) is 14.7. The van der Waals surface area contributed by atoms with Crippen molar-refractivity contribution >= 4 is 134 Å². The molecule has 0 bridgehead atoms. The Balaban J connectivity index is 0.000000126. The molecule has 4 saturated heterocycles. The van der Waals surface area contributed by atoms with E-state index in [-0.39, 0.29) is 64.5 Å². The third kappa shape index (κ3) is 22.6. The number of thioether (sulfide) groups is 1. The second kappa shape index (κ2) is 41.3. The van der Waals surface area contributed by atoms with Crippen molar-refractivity contribution in [3.8, 4) is 23.3 Å². The van der Waals surface area contributed by atoms with Gasteiger partial charge in [0.25, 0.3) is 0 Å². The number of halogens is 4. The van der Waals surface area contributed by atoms with Crippen LogP contribution in [0.2, 0.25) is 0 Å². The molecule has 14 aromatic rings. The molecule has 0 atom stereocenters. The zero-order valence-electron chi connectivity index (χ0n) is 69.9. The van der Waals surface area contributed by atoms with Gasteiger partial charge in [-0.15, -0.1) is 20.4 Å². The Morgan fingerprint density at radius 1 is 0.359 bits per heavy atom. The molecule has 128 heavy (non-hydrogen) atoms. The Morgan fingerprint density at radius 3 is 1.23 bits per heavy atom. The highest BCUT2D eigenvalue weighted by Gasteiger charge is 2.24. The summed E-state index contributed by atoms with van der Waals surface area (Å²) in [6.45, 7) is 13.5. The summed E-state index contributed by atoms with van der Waals surface area (Å²) in [5.74, 6) is 3.44. The minimum atomic E-state index is -0.442. The van der Waals surface area contributed by atoms with Crippen LogP contribution in [-0.4, -0.2) is 211 Å². The van der Waals surface area contributed by atoms with E-state index in [2.05, 4.69) is 144 Å². The highest BCUT2D eigenvalue weighted by atomic mass is 32.2. The molecule has 43 heteroatoms. The van der Waals surface area contributed by atoms with Crippen LogP contribution in [-0.2, 0) is 18.9 Å². The number of morpholine rings is 4. The van der Waals surface area contributed by atoms with Crippen LogP contribution in [0, 0.1) is 30.2 Å². The average molecular weight is 1760 g/mol. The monoisotopic (exact) mass is 1760 g/mol. The molecule has 19 rings (SSSR count). The minimum Gasteiger partial charge on any atom is -0.378 e. The topological polar surface area (TPSA) is 451 Å². The Labute approximate surface area is 736 Å². The van der Waals surface area contributed by atoms with Crippen molar-refractivity contribution in [1.29, 1.82) is 0 Å². The zero-order chi connectivity index (χ0) is 88.2. The maximum absolute atomic E-state index is 14.8. The predicted octanol–water partition coefficient (Wildman–Crippen LogP) is 12.3. The first-order valence-electron chi connectivity index (χ1n) is 41.4. The lowest BCUT2D eigenvalue weighted by atomic mass is 9.95. The fourth-order valence-electron chi connectivity index (χ4n) is 14.3. The molecule has 38 nitrogen and oxygen atoms in total. The normalized spacial score (nSPS) is 14.7. The molecule has 5 fully saturated rings. The molecule has 0 radical (unpaired) electrons. The van der Waals surface area contributed by atoms with Crippen LogP contribution >= 0.6 is 11.8 Å². The first-order chi connectivity index (χ1) is 62.5. The van der Waals surface area contributed by atoms with E-state index in [0.29, 0.717) is 110 Å². The van der Waals surface area contributed by atoms with Crippen molar-refractivity contribution in [3.05, 3.63) is 211 Å². The largest absolute Gasteiger partial charge is 0.378 e. The molecule has 1 aliphatic carbocycles. The summed E-state index contributed by atoms with van der Waals surface area (Å²) in [6, 6.07) is 48.1. The molecule has 5 aliphatic rings. The molecule has 15 N–H and O–H groups in total. The number of aromatic nitrogens is 19. The lowest BCUT2D eigenvalue weighted by Gasteiger charge is -2.29. The third-order valence-corrected chi connectivity index (χ3v) is 21.3. The molecule has 8 aromatic heterocycles. The van der Waals surface area contributed by atoms with Gasteiger partial charge in [0.2, 0.25) is 47.6 Å². The Kier molecular flexibility index (Phi) is 28.0. The number of hydrogen-bond acceptors (Lipinski definition) is 35. The van der Waals surface area contributed by atoms with Gasteiger partial charge in [0.1, 0.15) is 53.4 Å². The van der Waals surface area contributed by atoms with Gasteiger partial charge in [-0.2, -0.15) is 38.7 Å². The number of hydrogen-bond donors (Lipinski definition) is 11. The molecule has 6 aromatic carbocycles. The van der Waals surface area contributed by atoms with Gasteiger partial charge in [-0.25, -0.2) is 52.4 Å². The van der Waals surface area contributed by atoms with Crippen LogP contribution < -0.4 is 79.8 Å². The van der Waals surface area contributed by atoms with Crippen LogP contribution in [0.4, 0.5) is 139 Å². The Morgan fingerprint density at radius 2 is 0.773 bits per heavy atom. The number of aryl methyl sites for hydroxylation is 1. The number of ether oxygens (including phenoxy) is 4. The Bertz CT molecular complexity index is 6030. The summed E-state index contributed by atoms with van der Waals surface area (Å²) in [7, 11) is 0. The van der Waals surface area contributed by atoms with Crippen LogP contribution in [0.1, 0.15) is 37.7 Å². The molecular weight excluding hydrogens is 1670 g/mol. The van der Waals surface area contributed by atoms with Gasteiger partial charge in [0, 0.05) is 123 Å². The van der Waals surface area contributed by atoms with E-state index in [1.165, 1.54) is 98.4 Å². The van der Waals surface area contributed by atoms with Crippen LogP contribution in [0.3, 0.4) is 0 Å². The van der Waals surface area contributed by atoms with Crippen molar-refractivity contribution in [1.82, 2.24) is 93.9 Å². The number of nitrogens with zero attached hydrogens (tertiary/aromatic N) is 23. The maximum Gasteiger partial charge on any atom is 0.248 e. The van der Waals surface area contributed by atoms with E-state index in [1.807, 2.05) is 86.0 Å². The molecule has 12 heterocycles. The quantitative estimate of drug-likeness (QED) is 0.0161. The van der Waals surface area contributed by atoms with Gasteiger partial charge in [0.15, 0.2) is 28.4 Å². The van der Waals surface area contributed by atoms with Crippen LogP contribution in [0.15, 0.2) is 188 Å². The number of anilines is 21.